The van der Waals surface area contributed by atoms with Crippen LogP contribution in [0, 0.1) is 0 Å². The van der Waals surface area contributed by atoms with Gasteiger partial charge in [0.05, 0.1) is 7.11 Å². The molecule has 0 saturated heterocycles. The van der Waals surface area contributed by atoms with Crippen molar-refractivity contribution in [2.24, 2.45) is 0 Å². The summed E-state index contributed by atoms with van der Waals surface area (Å²) in [5.74, 6) is -0.159. The fourth-order valence-electron chi connectivity index (χ4n) is 1.45. The number of hydrogen-bond acceptors (Lipinski definition) is 2. The van der Waals surface area contributed by atoms with Crippen molar-refractivity contribution in [2.75, 3.05) is 7.11 Å². The summed E-state index contributed by atoms with van der Waals surface area (Å²) in [6, 6.07) is 8.29. The van der Waals surface area contributed by atoms with Gasteiger partial charge in [-0.25, -0.2) is 0 Å². The minimum atomic E-state index is -0.159. The molecule has 1 aromatic carbocycles. The molecule has 86 valence electrons. The molecule has 0 aliphatic heterocycles. The summed E-state index contributed by atoms with van der Waals surface area (Å²) in [4.78, 5) is 11.0. The van der Waals surface area contributed by atoms with Crippen LogP contribution < -0.4 is 0 Å². The van der Waals surface area contributed by atoms with E-state index in [2.05, 4.69) is 42.0 Å². The predicted octanol–water partition coefficient (Wildman–Crippen LogP) is 3.22. The number of ether oxygens (including phenoxy) is 1. The van der Waals surface area contributed by atoms with E-state index in [1.54, 1.807) is 0 Å². The summed E-state index contributed by atoms with van der Waals surface area (Å²) in [6.45, 7) is 4.12. The first-order valence-electron chi connectivity index (χ1n) is 5.46. The van der Waals surface area contributed by atoms with Crippen LogP contribution in [0.15, 0.2) is 30.3 Å². The number of carbonyl (C=O) groups excluding carboxylic acids is 1. The van der Waals surface area contributed by atoms with Crippen LogP contribution in [-0.4, -0.2) is 13.1 Å². The van der Waals surface area contributed by atoms with Crippen molar-refractivity contribution in [1.82, 2.24) is 0 Å². The van der Waals surface area contributed by atoms with Crippen molar-refractivity contribution < 1.29 is 9.53 Å². The van der Waals surface area contributed by atoms with E-state index in [0.29, 0.717) is 6.42 Å². The van der Waals surface area contributed by atoms with Crippen LogP contribution in [0.25, 0.3) is 5.57 Å². The molecule has 0 unspecified atom stereocenters. The van der Waals surface area contributed by atoms with Gasteiger partial charge in [-0.1, -0.05) is 30.3 Å². The number of rotatable bonds is 4. The van der Waals surface area contributed by atoms with E-state index in [1.165, 1.54) is 18.2 Å². The molecule has 0 radical (unpaired) electrons. The molecular formula is C14H18O2. The molecule has 0 spiro atoms. The van der Waals surface area contributed by atoms with Gasteiger partial charge in [0, 0.05) is 6.42 Å². The molecular weight excluding hydrogens is 200 g/mol. The predicted molar refractivity (Wildman–Crippen MR) is 66.1 cm³/mol. The SMILES string of the molecule is CC=C(C)c1ccc(CCC(=O)OC)cc1. The Hall–Kier alpha value is -1.57. The van der Waals surface area contributed by atoms with Crippen LogP contribution in [0.4, 0.5) is 0 Å². The number of aryl methyl sites for hydroxylation is 1. The number of methoxy groups -OCH3 is 1. The maximum absolute atomic E-state index is 11.0. The van der Waals surface area contributed by atoms with Crippen LogP contribution in [0.5, 0.6) is 0 Å². The molecule has 0 fully saturated rings. The summed E-state index contributed by atoms with van der Waals surface area (Å²) in [6.07, 6.45) is 3.27. The van der Waals surface area contributed by atoms with Crippen molar-refractivity contribution in [3.05, 3.63) is 41.5 Å². The first-order valence-corrected chi connectivity index (χ1v) is 5.46. The molecule has 0 aromatic heterocycles. The largest absolute Gasteiger partial charge is 0.469 e. The molecule has 2 heteroatoms. The molecule has 0 aliphatic carbocycles. The number of esters is 1. The maximum atomic E-state index is 11.0. The first kappa shape index (κ1) is 12.5. The van der Waals surface area contributed by atoms with Crippen molar-refractivity contribution in [3.8, 4) is 0 Å². The van der Waals surface area contributed by atoms with Crippen molar-refractivity contribution >= 4 is 11.5 Å². The number of benzene rings is 1. The van der Waals surface area contributed by atoms with E-state index >= 15 is 0 Å². The van der Waals surface area contributed by atoms with Gasteiger partial charge in [-0.15, -0.1) is 0 Å². The molecule has 0 bridgehead atoms. The highest BCUT2D eigenvalue weighted by atomic mass is 16.5. The fraction of sp³-hybridized carbons (Fsp3) is 0.357. The number of allylic oxidation sites excluding steroid dienone is 2. The van der Waals surface area contributed by atoms with Gasteiger partial charge in [0.25, 0.3) is 0 Å². The fourth-order valence-corrected chi connectivity index (χ4v) is 1.45. The quantitative estimate of drug-likeness (QED) is 0.725. The average Bonchev–Trinajstić information content (AvgIpc) is 2.35. The third-order valence-corrected chi connectivity index (χ3v) is 2.69. The Labute approximate surface area is 96.9 Å². The lowest BCUT2D eigenvalue weighted by molar-refractivity contribution is -0.140. The van der Waals surface area contributed by atoms with Crippen LogP contribution in [0.3, 0.4) is 0 Å². The van der Waals surface area contributed by atoms with E-state index in [0.717, 1.165) is 12.0 Å². The molecule has 0 aliphatic rings. The topological polar surface area (TPSA) is 26.3 Å². The Morgan fingerprint density at radius 2 is 1.94 bits per heavy atom. The summed E-state index contributed by atoms with van der Waals surface area (Å²) >= 11 is 0. The van der Waals surface area contributed by atoms with E-state index in [1.807, 2.05) is 6.92 Å². The van der Waals surface area contributed by atoms with Crippen LogP contribution in [0.2, 0.25) is 0 Å². The second-order valence-electron chi connectivity index (χ2n) is 3.74. The van der Waals surface area contributed by atoms with Crippen LogP contribution in [0.1, 0.15) is 31.4 Å². The lowest BCUT2D eigenvalue weighted by Crippen LogP contribution is -2.01. The third-order valence-electron chi connectivity index (χ3n) is 2.69. The molecule has 0 heterocycles. The van der Waals surface area contributed by atoms with Gasteiger partial charge in [0.2, 0.25) is 0 Å². The maximum Gasteiger partial charge on any atom is 0.305 e. The van der Waals surface area contributed by atoms with Gasteiger partial charge in [-0.2, -0.15) is 0 Å². The van der Waals surface area contributed by atoms with Gasteiger partial charge >= 0.3 is 5.97 Å². The molecule has 0 saturated carbocycles. The van der Waals surface area contributed by atoms with E-state index in [9.17, 15) is 4.79 Å². The Kier molecular flexibility index (Phi) is 4.77. The highest BCUT2D eigenvalue weighted by molar-refractivity contribution is 5.69. The standard InChI is InChI=1S/C14H18O2/c1-4-11(2)13-8-5-12(6-9-13)7-10-14(15)16-3/h4-6,8-9H,7,10H2,1-3H3. The van der Waals surface area contributed by atoms with Gasteiger partial charge in [-0.05, 0) is 37.0 Å². The molecule has 1 rings (SSSR count). The highest BCUT2D eigenvalue weighted by Gasteiger charge is 2.01. The number of hydrogen-bond donors (Lipinski definition) is 0. The van der Waals surface area contributed by atoms with Crippen molar-refractivity contribution in [2.45, 2.75) is 26.7 Å². The normalized spacial score (nSPS) is 11.3. The molecule has 0 N–H and O–H groups in total. The van der Waals surface area contributed by atoms with E-state index in [-0.39, 0.29) is 5.97 Å². The summed E-state index contributed by atoms with van der Waals surface area (Å²) < 4.78 is 4.60. The summed E-state index contributed by atoms with van der Waals surface area (Å²) in [5.41, 5.74) is 3.65. The smallest absolute Gasteiger partial charge is 0.305 e. The van der Waals surface area contributed by atoms with Crippen LogP contribution in [-0.2, 0) is 16.0 Å². The zero-order chi connectivity index (χ0) is 12.0. The Morgan fingerprint density at radius 3 is 2.44 bits per heavy atom. The molecule has 0 atom stereocenters. The van der Waals surface area contributed by atoms with Gasteiger partial charge in [-0.3, -0.25) is 4.79 Å². The average molecular weight is 218 g/mol. The second kappa shape index (κ2) is 6.11. The minimum Gasteiger partial charge on any atom is -0.469 e. The zero-order valence-corrected chi connectivity index (χ0v) is 10.1. The summed E-state index contributed by atoms with van der Waals surface area (Å²) in [5, 5.41) is 0. The molecule has 1 aromatic rings. The third kappa shape index (κ3) is 3.54. The molecule has 2 nitrogen and oxygen atoms in total. The zero-order valence-electron chi connectivity index (χ0n) is 10.1. The van der Waals surface area contributed by atoms with Gasteiger partial charge in [0.15, 0.2) is 0 Å². The Balaban J connectivity index is 2.61. The monoisotopic (exact) mass is 218 g/mol. The van der Waals surface area contributed by atoms with Crippen LogP contribution >= 0.6 is 0 Å². The second-order valence-corrected chi connectivity index (χ2v) is 3.74. The van der Waals surface area contributed by atoms with Gasteiger partial charge in [0.1, 0.15) is 0 Å². The van der Waals surface area contributed by atoms with Crippen molar-refractivity contribution in [1.29, 1.82) is 0 Å². The first-order chi connectivity index (χ1) is 7.67. The lowest BCUT2D eigenvalue weighted by atomic mass is 10.0. The molecule has 16 heavy (non-hydrogen) atoms. The molecule has 0 amide bonds. The highest BCUT2D eigenvalue weighted by Crippen LogP contribution is 2.15. The van der Waals surface area contributed by atoms with E-state index in [4.69, 9.17) is 0 Å². The van der Waals surface area contributed by atoms with E-state index < -0.39 is 0 Å². The number of carbonyl (C=O) groups is 1. The Morgan fingerprint density at radius 1 is 1.31 bits per heavy atom. The minimum absolute atomic E-state index is 0.159. The van der Waals surface area contributed by atoms with Crippen molar-refractivity contribution in [3.63, 3.8) is 0 Å². The lowest BCUT2D eigenvalue weighted by Gasteiger charge is -2.04. The van der Waals surface area contributed by atoms with Gasteiger partial charge < -0.3 is 4.74 Å². The summed E-state index contributed by atoms with van der Waals surface area (Å²) in [7, 11) is 1.42. The Bertz CT molecular complexity index is 374.